The average molecular weight is 345 g/mol. The molecule has 7 heteroatoms. The molecule has 0 radical (unpaired) electrons. The number of hydrogen-bond acceptors (Lipinski definition) is 5. The number of amides is 2. The van der Waals surface area contributed by atoms with Crippen molar-refractivity contribution in [1.29, 1.82) is 0 Å². The number of rotatable bonds is 5. The molecule has 24 heavy (non-hydrogen) atoms. The van der Waals surface area contributed by atoms with E-state index in [1.54, 1.807) is 11.1 Å². The summed E-state index contributed by atoms with van der Waals surface area (Å²) in [6.45, 7) is 0.970. The Bertz CT molecular complexity index is 694. The van der Waals surface area contributed by atoms with E-state index in [2.05, 4.69) is 4.98 Å². The van der Waals surface area contributed by atoms with Gasteiger partial charge in [-0.1, -0.05) is 30.3 Å². The summed E-state index contributed by atoms with van der Waals surface area (Å²) in [5.41, 5.74) is 1.03. The van der Waals surface area contributed by atoms with Crippen LogP contribution in [0, 0.1) is 0 Å². The number of carbonyl (C=O) groups is 1. The van der Waals surface area contributed by atoms with Gasteiger partial charge in [0.1, 0.15) is 17.7 Å². The average Bonchev–Trinajstić information content (AvgIpc) is 3.23. The minimum absolute atomic E-state index is 0.0564. The second-order valence-corrected chi connectivity index (χ2v) is 7.06. The van der Waals surface area contributed by atoms with E-state index in [9.17, 15) is 9.90 Å². The molecule has 2 aliphatic rings. The predicted molar refractivity (Wildman–Crippen MR) is 89.1 cm³/mol. The first kappa shape index (κ1) is 15.6. The molecule has 1 aromatic heterocycles. The highest BCUT2D eigenvalue weighted by Crippen LogP contribution is 2.36. The van der Waals surface area contributed by atoms with Crippen LogP contribution in [0.1, 0.15) is 29.5 Å². The Balaban J connectivity index is 1.44. The number of aliphatic hydroxyl groups excluding tert-OH is 1. The number of aliphatic hydroxyl groups is 1. The fourth-order valence-corrected chi connectivity index (χ4v) is 4.10. The van der Waals surface area contributed by atoms with E-state index in [-0.39, 0.29) is 18.1 Å². The fourth-order valence-electron chi connectivity index (χ4n) is 3.42. The molecule has 6 nitrogen and oxygen atoms in total. The largest absolute Gasteiger partial charge is 0.384 e. The van der Waals surface area contributed by atoms with Crippen LogP contribution in [-0.4, -0.2) is 44.7 Å². The summed E-state index contributed by atoms with van der Waals surface area (Å²) >= 11 is 1.42. The molecule has 3 atom stereocenters. The van der Waals surface area contributed by atoms with Crippen LogP contribution >= 0.6 is 11.3 Å². The van der Waals surface area contributed by atoms with Gasteiger partial charge in [-0.3, -0.25) is 4.84 Å². The van der Waals surface area contributed by atoms with E-state index >= 15 is 0 Å². The Morgan fingerprint density at radius 1 is 1.33 bits per heavy atom. The zero-order chi connectivity index (χ0) is 16.5. The monoisotopic (exact) mass is 345 g/mol. The number of carbonyl (C=O) groups excluding carboxylic acids is 1. The summed E-state index contributed by atoms with van der Waals surface area (Å²) in [4.78, 5) is 24.4. The van der Waals surface area contributed by atoms with Gasteiger partial charge in [-0.05, 0) is 18.4 Å². The highest BCUT2D eigenvalue weighted by molar-refractivity contribution is 7.09. The molecule has 2 amide bonds. The van der Waals surface area contributed by atoms with Gasteiger partial charge < -0.3 is 10.0 Å². The summed E-state index contributed by atoms with van der Waals surface area (Å²) in [5, 5.41) is 14.5. The summed E-state index contributed by atoms with van der Waals surface area (Å²) in [7, 11) is 0. The maximum atomic E-state index is 12.7. The lowest BCUT2D eigenvalue weighted by Crippen LogP contribution is -2.43. The zero-order valence-corrected chi connectivity index (χ0v) is 13.9. The van der Waals surface area contributed by atoms with Crippen molar-refractivity contribution in [3.05, 3.63) is 52.5 Å². The first-order chi connectivity index (χ1) is 11.7. The number of urea groups is 1. The number of thiazole rings is 1. The molecule has 1 aromatic carbocycles. The van der Waals surface area contributed by atoms with Gasteiger partial charge in [-0.15, -0.1) is 11.3 Å². The number of aromatic nitrogens is 1. The van der Waals surface area contributed by atoms with E-state index in [1.807, 2.05) is 35.7 Å². The lowest BCUT2D eigenvalue weighted by atomic mass is 9.97. The van der Waals surface area contributed by atoms with Crippen LogP contribution < -0.4 is 0 Å². The predicted octanol–water partition coefficient (Wildman–Crippen LogP) is 2.58. The molecule has 0 aliphatic carbocycles. The third-order valence-corrected chi connectivity index (χ3v) is 5.50. The van der Waals surface area contributed by atoms with Crippen LogP contribution in [0.2, 0.25) is 0 Å². The normalized spacial score (nSPS) is 24.5. The minimum Gasteiger partial charge on any atom is -0.384 e. The van der Waals surface area contributed by atoms with Gasteiger partial charge >= 0.3 is 6.03 Å². The van der Waals surface area contributed by atoms with Crippen LogP contribution in [0.5, 0.6) is 0 Å². The maximum Gasteiger partial charge on any atom is 0.344 e. The summed E-state index contributed by atoms with van der Waals surface area (Å²) < 4.78 is 0. The quantitative estimate of drug-likeness (QED) is 0.904. The number of hydroxylamine groups is 2. The maximum absolute atomic E-state index is 12.7. The second-order valence-electron chi connectivity index (χ2n) is 6.13. The molecule has 1 N–H and O–H groups in total. The van der Waals surface area contributed by atoms with E-state index in [0.29, 0.717) is 18.2 Å². The molecule has 2 aromatic rings. The Hall–Kier alpha value is -1.96. The molecule has 2 fully saturated rings. The van der Waals surface area contributed by atoms with Crippen molar-refractivity contribution in [1.82, 2.24) is 14.9 Å². The molecule has 4 rings (SSSR count). The van der Waals surface area contributed by atoms with Gasteiger partial charge in [0.05, 0.1) is 12.1 Å². The van der Waals surface area contributed by atoms with Crippen molar-refractivity contribution in [3.63, 3.8) is 0 Å². The Labute approximate surface area is 144 Å². The van der Waals surface area contributed by atoms with Gasteiger partial charge in [0.25, 0.3) is 0 Å². The molecular weight excluding hydrogens is 326 g/mol. The standard InChI is InChI=1S/C17H19N3O3S/c21-15(16-18-8-9-24-16)14-7-6-13-10-19(14)17(22)20(13)23-11-12-4-2-1-3-5-12/h1-5,8-9,13-15,21H,6-7,10-11H2/t13-,14+,15?/m1/s1. The number of piperidine rings is 1. The lowest BCUT2D eigenvalue weighted by molar-refractivity contribution is -0.140. The Morgan fingerprint density at radius 3 is 2.92 bits per heavy atom. The van der Waals surface area contributed by atoms with Gasteiger partial charge in [-0.2, -0.15) is 5.06 Å². The first-order valence-electron chi connectivity index (χ1n) is 8.08. The molecule has 0 spiro atoms. The molecule has 1 unspecified atom stereocenters. The van der Waals surface area contributed by atoms with Crippen molar-refractivity contribution >= 4 is 17.4 Å². The number of benzene rings is 1. The van der Waals surface area contributed by atoms with E-state index < -0.39 is 6.10 Å². The van der Waals surface area contributed by atoms with E-state index in [0.717, 1.165) is 18.4 Å². The second kappa shape index (κ2) is 6.51. The summed E-state index contributed by atoms with van der Waals surface area (Å²) in [6, 6.07) is 9.47. The third kappa shape index (κ3) is 2.79. The topological polar surface area (TPSA) is 65.9 Å². The van der Waals surface area contributed by atoms with Gasteiger partial charge in [0, 0.05) is 18.1 Å². The van der Waals surface area contributed by atoms with Crippen LogP contribution in [0.4, 0.5) is 4.79 Å². The SMILES string of the molecule is O=C1N2C[C@@H](CC[C@H]2C(O)c2nccs2)N1OCc1ccccc1. The smallest absolute Gasteiger partial charge is 0.344 e. The van der Waals surface area contributed by atoms with Crippen LogP contribution in [-0.2, 0) is 11.4 Å². The van der Waals surface area contributed by atoms with Crippen molar-refractivity contribution < 1.29 is 14.7 Å². The molecule has 2 bridgehead atoms. The van der Waals surface area contributed by atoms with Crippen LogP contribution in [0.15, 0.2) is 41.9 Å². The zero-order valence-electron chi connectivity index (χ0n) is 13.1. The molecule has 2 saturated heterocycles. The third-order valence-electron chi connectivity index (χ3n) is 4.65. The van der Waals surface area contributed by atoms with Crippen LogP contribution in [0.25, 0.3) is 0 Å². The van der Waals surface area contributed by atoms with E-state index in [1.165, 1.54) is 16.4 Å². The van der Waals surface area contributed by atoms with Gasteiger partial charge in [0.15, 0.2) is 0 Å². The van der Waals surface area contributed by atoms with Crippen molar-refractivity contribution in [2.75, 3.05) is 6.54 Å². The van der Waals surface area contributed by atoms with Crippen molar-refractivity contribution in [2.24, 2.45) is 0 Å². The van der Waals surface area contributed by atoms with Gasteiger partial charge in [0.2, 0.25) is 0 Å². The van der Waals surface area contributed by atoms with E-state index in [4.69, 9.17) is 4.84 Å². The summed E-state index contributed by atoms with van der Waals surface area (Å²) in [5.74, 6) is 0. The molecule has 0 saturated carbocycles. The fraction of sp³-hybridized carbons (Fsp3) is 0.412. The summed E-state index contributed by atoms with van der Waals surface area (Å²) in [6.07, 6.45) is 2.52. The van der Waals surface area contributed by atoms with Crippen molar-refractivity contribution in [2.45, 2.75) is 37.6 Å². The number of hydrogen-bond donors (Lipinski definition) is 1. The molecular formula is C17H19N3O3S. The number of fused-ring (bicyclic) bond motifs is 2. The van der Waals surface area contributed by atoms with Crippen molar-refractivity contribution in [3.8, 4) is 0 Å². The Morgan fingerprint density at radius 2 is 2.17 bits per heavy atom. The Kier molecular flexibility index (Phi) is 4.22. The van der Waals surface area contributed by atoms with Gasteiger partial charge in [-0.25, -0.2) is 9.78 Å². The highest BCUT2D eigenvalue weighted by atomic mass is 32.1. The first-order valence-corrected chi connectivity index (χ1v) is 8.96. The minimum atomic E-state index is -0.732. The lowest BCUT2D eigenvalue weighted by Gasteiger charge is -2.32. The molecule has 3 heterocycles. The molecule has 126 valence electrons. The number of nitrogens with zero attached hydrogens (tertiary/aromatic N) is 3. The highest BCUT2D eigenvalue weighted by Gasteiger charge is 2.48. The van der Waals surface area contributed by atoms with Crippen LogP contribution in [0.3, 0.4) is 0 Å². The molecule has 2 aliphatic heterocycles.